The number of hydrogen-bond donors (Lipinski definition) is 1. The predicted octanol–water partition coefficient (Wildman–Crippen LogP) is 4.70. The number of aliphatic hydroxyl groups is 1. The summed E-state index contributed by atoms with van der Waals surface area (Å²) in [5, 5.41) is 12.3. The zero-order valence-electron chi connectivity index (χ0n) is 24.3. The molecule has 1 aliphatic heterocycles. The van der Waals surface area contributed by atoms with E-state index in [9.17, 15) is 14.7 Å². The fourth-order valence-electron chi connectivity index (χ4n) is 8.09. The van der Waals surface area contributed by atoms with Crippen molar-refractivity contribution < 1.29 is 28.5 Å². The topological polar surface area (TPSA) is 126 Å². The number of thiocarbonyl (C=S) groups is 1. The van der Waals surface area contributed by atoms with Gasteiger partial charge in [0.05, 0.1) is 12.0 Å². The van der Waals surface area contributed by atoms with Crippen LogP contribution in [0.2, 0.25) is 0 Å². The summed E-state index contributed by atoms with van der Waals surface area (Å²) in [6, 6.07) is 5.19. The van der Waals surface area contributed by atoms with Crippen LogP contribution >= 0.6 is 12.2 Å². The molecular formula is C32H35N3O7S. The molecule has 7 rings (SSSR count). The molecule has 8 atom stereocenters. The van der Waals surface area contributed by atoms with E-state index < -0.39 is 34.8 Å². The van der Waals surface area contributed by atoms with E-state index in [2.05, 4.69) is 23.8 Å². The largest absolute Gasteiger partial charge is 0.482 e. The van der Waals surface area contributed by atoms with E-state index in [0.717, 1.165) is 12.8 Å². The van der Waals surface area contributed by atoms with Crippen molar-refractivity contribution in [2.45, 2.75) is 76.8 Å². The molecule has 3 fully saturated rings. The number of esters is 1. The van der Waals surface area contributed by atoms with Crippen molar-refractivity contribution in [2.24, 2.45) is 29.1 Å². The van der Waals surface area contributed by atoms with Gasteiger partial charge in [0, 0.05) is 42.3 Å². The lowest BCUT2D eigenvalue weighted by Crippen LogP contribution is -2.69. The first-order chi connectivity index (χ1) is 20.6. The van der Waals surface area contributed by atoms with Crippen LogP contribution in [0, 0.1) is 29.1 Å². The zero-order valence-corrected chi connectivity index (χ0v) is 25.2. The SMILES string of the molecule is C[C@@H]1C2C[C@H](OC(=S)n3ccnc3)[C@@]3(C)Oc4cc(-c5cccnc5)oc(=O)c4[C@H](O)C3[C@@]2(C)CC[C@@H]1OC(=O)C1CC1. The minimum absolute atomic E-state index is 0.0136. The van der Waals surface area contributed by atoms with E-state index in [1.165, 1.54) is 0 Å². The number of pyridine rings is 1. The normalized spacial score (nSPS) is 34.6. The van der Waals surface area contributed by atoms with Gasteiger partial charge in [0.2, 0.25) is 0 Å². The number of rotatable bonds is 4. The minimum Gasteiger partial charge on any atom is -0.482 e. The molecule has 0 saturated heterocycles. The van der Waals surface area contributed by atoms with Gasteiger partial charge in [0.15, 0.2) is 0 Å². The van der Waals surface area contributed by atoms with Crippen molar-refractivity contribution in [3.8, 4) is 17.1 Å². The number of aromatic nitrogens is 3. The molecule has 1 N–H and O–H groups in total. The predicted molar refractivity (Wildman–Crippen MR) is 158 cm³/mol. The molecule has 0 aromatic carbocycles. The third-order valence-corrected chi connectivity index (χ3v) is 10.8. The van der Waals surface area contributed by atoms with Gasteiger partial charge in [-0.25, -0.2) is 9.78 Å². The summed E-state index contributed by atoms with van der Waals surface area (Å²) in [6.45, 7) is 6.21. The highest BCUT2D eigenvalue weighted by Crippen LogP contribution is 2.65. The van der Waals surface area contributed by atoms with Crippen molar-refractivity contribution in [3.05, 3.63) is 65.3 Å². The Morgan fingerprint density at radius 2 is 2.00 bits per heavy atom. The van der Waals surface area contributed by atoms with E-state index in [0.29, 0.717) is 30.6 Å². The first kappa shape index (κ1) is 28.2. The van der Waals surface area contributed by atoms with Crippen LogP contribution in [0.3, 0.4) is 0 Å². The Bertz CT molecular complexity index is 1610. The average molecular weight is 606 g/mol. The highest BCUT2D eigenvalue weighted by molar-refractivity contribution is 7.80. The monoisotopic (exact) mass is 605 g/mol. The Morgan fingerprint density at radius 3 is 2.70 bits per heavy atom. The molecule has 4 heterocycles. The van der Waals surface area contributed by atoms with Crippen LogP contribution in [0.25, 0.3) is 11.3 Å². The Kier molecular flexibility index (Phi) is 6.73. The molecule has 2 unspecified atom stereocenters. The van der Waals surface area contributed by atoms with Gasteiger partial charge in [-0.15, -0.1) is 0 Å². The van der Waals surface area contributed by atoms with Crippen molar-refractivity contribution >= 4 is 23.4 Å². The lowest BCUT2D eigenvalue weighted by Gasteiger charge is -2.64. The fraction of sp³-hybridized carbons (Fsp3) is 0.531. The van der Waals surface area contributed by atoms with Crippen molar-refractivity contribution in [1.29, 1.82) is 0 Å². The highest BCUT2D eigenvalue weighted by atomic mass is 32.1. The summed E-state index contributed by atoms with van der Waals surface area (Å²) in [4.78, 5) is 34.4. The lowest BCUT2D eigenvalue weighted by atomic mass is 9.46. The van der Waals surface area contributed by atoms with E-state index in [1.807, 2.05) is 6.92 Å². The second-order valence-corrected chi connectivity index (χ2v) is 13.3. The molecule has 3 aliphatic carbocycles. The van der Waals surface area contributed by atoms with E-state index in [1.54, 1.807) is 53.9 Å². The first-order valence-corrected chi connectivity index (χ1v) is 15.4. The maximum Gasteiger partial charge on any atom is 0.345 e. The van der Waals surface area contributed by atoms with Gasteiger partial charge in [0.1, 0.15) is 41.2 Å². The fourth-order valence-corrected chi connectivity index (χ4v) is 8.31. The Labute approximate surface area is 254 Å². The zero-order chi connectivity index (χ0) is 30.1. The molecule has 43 heavy (non-hydrogen) atoms. The number of ether oxygens (including phenoxy) is 3. The molecule has 3 saturated carbocycles. The number of imidazole rings is 1. The third kappa shape index (κ3) is 4.59. The summed E-state index contributed by atoms with van der Waals surface area (Å²) in [7, 11) is 0. The number of nitrogens with zero attached hydrogens (tertiary/aromatic N) is 3. The Balaban J connectivity index is 1.30. The summed E-state index contributed by atoms with van der Waals surface area (Å²) >= 11 is 5.67. The molecule has 3 aromatic heterocycles. The maximum absolute atomic E-state index is 13.5. The van der Waals surface area contributed by atoms with Gasteiger partial charge in [-0.05, 0) is 80.6 Å². The third-order valence-electron chi connectivity index (χ3n) is 10.4. The molecule has 0 spiro atoms. The summed E-state index contributed by atoms with van der Waals surface area (Å²) < 4.78 is 26.7. The van der Waals surface area contributed by atoms with Gasteiger partial charge >= 0.3 is 11.6 Å². The van der Waals surface area contributed by atoms with Gasteiger partial charge in [-0.3, -0.25) is 14.3 Å². The van der Waals surface area contributed by atoms with Crippen molar-refractivity contribution in [2.75, 3.05) is 0 Å². The molecule has 4 aliphatic rings. The molecular weight excluding hydrogens is 570 g/mol. The van der Waals surface area contributed by atoms with Crippen molar-refractivity contribution in [1.82, 2.24) is 14.5 Å². The van der Waals surface area contributed by atoms with E-state index >= 15 is 0 Å². The summed E-state index contributed by atoms with van der Waals surface area (Å²) in [6.07, 6.45) is 9.79. The minimum atomic E-state index is -1.19. The van der Waals surface area contributed by atoms with Gasteiger partial charge in [-0.1, -0.05) is 13.8 Å². The standard InChI is InChI=1S/C32H35N3O7S/c1-17-20-13-24(41-30(43)35-12-11-34-16-35)32(3)27(31(20,2)9-8-21(17)39-28(37)18-6-7-18)26(36)25-23(42-32)14-22(40-29(25)38)19-5-4-10-33-15-19/h4-5,10-12,14-18,20-21,24,26-27,36H,6-9,13H2,1-3H3/t17-,20?,21+,24+,26+,27?,31+,32-/m1/s1. The Morgan fingerprint density at radius 1 is 1.19 bits per heavy atom. The van der Waals surface area contributed by atoms with Crippen molar-refractivity contribution in [3.63, 3.8) is 0 Å². The average Bonchev–Trinajstić information content (AvgIpc) is 3.69. The number of fused-ring (bicyclic) bond motifs is 4. The molecule has 10 nitrogen and oxygen atoms in total. The Hall–Kier alpha value is -3.57. The number of carbonyl (C=O) groups is 1. The second kappa shape index (κ2) is 10.3. The van der Waals surface area contributed by atoms with Gasteiger partial charge in [0.25, 0.3) is 5.17 Å². The van der Waals surface area contributed by atoms with Gasteiger partial charge < -0.3 is 23.7 Å². The van der Waals surface area contributed by atoms with E-state index in [-0.39, 0.29) is 46.3 Å². The van der Waals surface area contributed by atoms with Crippen LogP contribution in [0.4, 0.5) is 0 Å². The number of hydrogen-bond acceptors (Lipinski definition) is 10. The van der Waals surface area contributed by atoms with Crippen LogP contribution in [0.5, 0.6) is 5.75 Å². The molecule has 226 valence electrons. The van der Waals surface area contributed by atoms with Crippen LogP contribution in [0.15, 0.2) is 58.5 Å². The number of carbonyl (C=O) groups excluding carboxylic acids is 1. The first-order valence-electron chi connectivity index (χ1n) is 14.9. The van der Waals surface area contributed by atoms with Crippen LogP contribution in [-0.4, -0.2) is 48.6 Å². The molecule has 0 amide bonds. The summed E-state index contributed by atoms with van der Waals surface area (Å²) in [5.74, 6) is -0.136. The number of aliphatic hydroxyl groups excluding tert-OH is 1. The van der Waals surface area contributed by atoms with Gasteiger partial charge in [-0.2, -0.15) is 0 Å². The van der Waals surface area contributed by atoms with Crippen LogP contribution in [-0.2, 0) is 14.3 Å². The van der Waals surface area contributed by atoms with E-state index in [4.69, 9.17) is 30.8 Å². The smallest absolute Gasteiger partial charge is 0.345 e. The summed E-state index contributed by atoms with van der Waals surface area (Å²) in [5.41, 5.74) is -1.48. The quantitative estimate of drug-likeness (QED) is 0.331. The molecule has 0 radical (unpaired) electrons. The lowest BCUT2D eigenvalue weighted by molar-refractivity contribution is -0.241. The highest BCUT2D eigenvalue weighted by Gasteiger charge is 2.68. The van der Waals surface area contributed by atoms with Crippen LogP contribution in [0.1, 0.15) is 64.5 Å². The molecule has 11 heteroatoms. The van der Waals surface area contributed by atoms with Crippen LogP contribution < -0.4 is 10.4 Å². The second-order valence-electron chi connectivity index (χ2n) is 13.0. The molecule has 3 aromatic rings. The molecule has 0 bridgehead atoms. The maximum atomic E-state index is 13.5.